The Kier molecular flexibility index (Phi) is 7.91. The minimum atomic E-state index is -5.08. The summed E-state index contributed by atoms with van der Waals surface area (Å²) in [4.78, 5) is 28.8. The number of H-pyrrole nitrogens is 1. The number of benzene rings is 2. The summed E-state index contributed by atoms with van der Waals surface area (Å²) in [6.45, 7) is 0.667. The highest BCUT2D eigenvalue weighted by Gasteiger charge is 2.38. The van der Waals surface area contributed by atoms with Gasteiger partial charge in [0, 0.05) is 41.7 Å². The number of nitrogens with zero attached hydrogens (tertiary/aromatic N) is 1. The van der Waals surface area contributed by atoms with Gasteiger partial charge in [0.2, 0.25) is 0 Å². The molecule has 2 aromatic carbocycles. The molecule has 3 heterocycles. The zero-order valence-electron chi connectivity index (χ0n) is 19.8. The van der Waals surface area contributed by atoms with Crippen LogP contribution in [0.5, 0.6) is 11.5 Å². The molecule has 0 bridgehead atoms. The van der Waals surface area contributed by atoms with Crippen LogP contribution in [-0.4, -0.2) is 39.7 Å². The summed E-state index contributed by atoms with van der Waals surface area (Å²) in [5.74, 6) is -1.20. The number of aliphatic carboxylic acids is 1. The molecule has 0 aliphatic carbocycles. The topological polar surface area (TPSA) is 104 Å². The third-order valence-electron chi connectivity index (χ3n) is 5.46. The number of ether oxygens (including phenoxy) is 1. The largest absolute Gasteiger partial charge is 0.490 e. The molecule has 4 aromatic rings. The van der Waals surface area contributed by atoms with E-state index >= 15 is 0 Å². The summed E-state index contributed by atoms with van der Waals surface area (Å²) < 4.78 is 37.8. The molecule has 0 saturated carbocycles. The summed E-state index contributed by atoms with van der Waals surface area (Å²) in [6, 6.07) is 23.5. The van der Waals surface area contributed by atoms with E-state index in [2.05, 4.69) is 15.3 Å². The van der Waals surface area contributed by atoms with E-state index in [4.69, 9.17) is 14.6 Å². The molecule has 0 unspecified atom stereocenters. The van der Waals surface area contributed by atoms with Gasteiger partial charge in [0.05, 0.1) is 11.3 Å². The van der Waals surface area contributed by atoms with Crippen molar-refractivity contribution in [2.75, 3.05) is 6.54 Å². The van der Waals surface area contributed by atoms with Gasteiger partial charge in [0.25, 0.3) is 5.91 Å². The minimum absolute atomic E-state index is 0.0204. The number of hydrogen-bond donors (Lipinski definition) is 3. The van der Waals surface area contributed by atoms with E-state index in [1.807, 2.05) is 84.9 Å². The fourth-order valence-corrected chi connectivity index (χ4v) is 3.66. The number of pyridine rings is 1. The second-order valence-corrected chi connectivity index (χ2v) is 8.14. The lowest BCUT2D eigenvalue weighted by Gasteiger charge is -2.10. The van der Waals surface area contributed by atoms with Gasteiger partial charge in [-0.1, -0.05) is 36.4 Å². The van der Waals surface area contributed by atoms with Gasteiger partial charge in [-0.2, -0.15) is 13.2 Å². The van der Waals surface area contributed by atoms with E-state index in [9.17, 15) is 18.0 Å². The van der Waals surface area contributed by atoms with E-state index in [0.717, 1.165) is 51.7 Å². The first-order valence-electron chi connectivity index (χ1n) is 11.5. The number of carboxylic acids is 1. The highest BCUT2D eigenvalue weighted by atomic mass is 19.4. The molecule has 0 saturated heterocycles. The number of hydrogen-bond acceptors (Lipinski definition) is 4. The predicted octanol–water partition coefficient (Wildman–Crippen LogP) is 5.96. The molecule has 0 atom stereocenters. The molecule has 1 amide bonds. The number of amides is 1. The minimum Gasteiger partial charge on any atom is -0.475 e. The number of carbonyl (C=O) groups is 2. The van der Waals surface area contributed by atoms with Crippen molar-refractivity contribution in [3.63, 3.8) is 0 Å². The smallest absolute Gasteiger partial charge is 0.475 e. The maximum Gasteiger partial charge on any atom is 0.490 e. The molecule has 3 N–H and O–H groups in total. The average molecular weight is 521 g/mol. The highest BCUT2D eigenvalue weighted by molar-refractivity contribution is 5.97. The molecule has 38 heavy (non-hydrogen) atoms. The zero-order valence-corrected chi connectivity index (χ0v) is 19.8. The predicted molar refractivity (Wildman–Crippen MR) is 136 cm³/mol. The van der Waals surface area contributed by atoms with Gasteiger partial charge in [0.15, 0.2) is 0 Å². The molecule has 10 heteroatoms. The summed E-state index contributed by atoms with van der Waals surface area (Å²) >= 11 is 0. The van der Waals surface area contributed by atoms with Crippen LogP contribution in [0.4, 0.5) is 13.2 Å². The van der Waals surface area contributed by atoms with E-state index in [-0.39, 0.29) is 5.91 Å². The monoisotopic (exact) mass is 521 g/mol. The van der Waals surface area contributed by atoms with Gasteiger partial charge < -0.3 is 20.1 Å². The van der Waals surface area contributed by atoms with Crippen LogP contribution in [0.2, 0.25) is 0 Å². The Morgan fingerprint density at radius 1 is 1.00 bits per heavy atom. The summed E-state index contributed by atoms with van der Waals surface area (Å²) in [5.41, 5.74) is 5.41. The van der Waals surface area contributed by atoms with Crippen molar-refractivity contribution in [3.8, 4) is 22.8 Å². The SMILES string of the molecule is O=C(O)C(F)(F)F.O=C1NCCc2[nH]c(-c3ccnc(C=Cc4ccccc4Oc4ccccc4)c3)cc21. The van der Waals surface area contributed by atoms with Crippen molar-refractivity contribution >= 4 is 24.0 Å². The van der Waals surface area contributed by atoms with Crippen molar-refractivity contribution in [1.29, 1.82) is 0 Å². The number of nitrogens with one attached hydrogen (secondary N) is 2. The molecule has 0 spiro atoms. The van der Waals surface area contributed by atoms with Gasteiger partial charge in [-0.05, 0) is 48.6 Å². The number of alkyl halides is 3. The van der Waals surface area contributed by atoms with Crippen molar-refractivity contribution in [1.82, 2.24) is 15.3 Å². The van der Waals surface area contributed by atoms with E-state index in [1.54, 1.807) is 6.20 Å². The Balaban J connectivity index is 0.000000426. The number of para-hydroxylation sites is 2. The molecule has 5 rings (SSSR count). The summed E-state index contributed by atoms with van der Waals surface area (Å²) in [6.07, 6.45) is 1.47. The lowest BCUT2D eigenvalue weighted by molar-refractivity contribution is -0.192. The van der Waals surface area contributed by atoms with Gasteiger partial charge in [-0.15, -0.1) is 0 Å². The zero-order chi connectivity index (χ0) is 27.1. The molecule has 2 aromatic heterocycles. The first kappa shape index (κ1) is 26.2. The maximum absolute atomic E-state index is 12.1. The fourth-order valence-electron chi connectivity index (χ4n) is 3.66. The molecular formula is C28H22F3N3O4. The summed E-state index contributed by atoms with van der Waals surface area (Å²) in [7, 11) is 0. The van der Waals surface area contributed by atoms with E-state index < -0.39 is 12.1 Å². The van der Waals surface area contributed by atoms with Crippen molar-refractivity contribution < 1.29 is 32.6 Å². The standard InChI is InChI=1S/C26H21N3O2.C2HF3O2/c30-26-22-17-24(29-23(22)13-15-28-26)19-12-14-27-20(16-19)11-10-18-6-4-5-9-25(18)31-21-7-2-1-3-8-21;3-2(4,5)1(6)7/h1-12,14,16-17,29H,13,15H2,(H,28,30);(H,6,7). The van der Waals surface area contributed by atoms with Crippen LogP contribution in [-0.2, 0) is 11.2 Å². The molecule has 1 aliphatic rings. The number of carboxylic acid groups (broad SMARTS) is 1. The number of aromatic amines is 1. The lowest BCUT2D eigenvalue weighted by atomic mass is 10.1. The van der Waals surface area contributed by atoms with Crippen LogP contribution in [0.1, 0.15) is 27.3 Å². The Morgan fingerprint density at radius 3 is 2.42 bits per heavy atom. The second kappa shape index (κ2) is 11.5. The summed E-state index contributed by atoms with van der Waals surface area (Å²) in [5, 5.41) is 10.0. The molecule has 1 aliphatic heterocycles. The van der Waals surface area contributed by atoms with Gasteiger partial charge in [0.1, 0.15) is 11.5 Å². The molecule has 194 valence electrons. The first-order valence-corrected chi connectivity index (χ1v) is 11.5. The van der Waals surface area contributed by atoms with E-state index in [1.165, 1.54) is 0 Å². The van der Waals surface area contributed by atoms with Crippen LogP contribution in [0, 0.1) is 0 Å². The normalized spacial score (nSPS) is 12.8. The molecule has 0 fully saturated rings. The van der Waals surface area contributed by atoms with Gasteiger partial charge >= 0.3 is 12.1 Å². The first-order chi connectivity index (χ1) is 18.2. The molecular weight excluding hydrogens is 499 g/mol. The Morgan fingerprint density at radius 2 is 1.71 bits per heavy atom. The number of carbonyl (C=O) groups excluding carboxylic acids is 1. The van der Waals surface area contributed by atoms with Crippen LogP contribution >= 0.6 is 0 Å². The third-order valence-corrected chi connectivity index (χ3v) is 5.46. The van der Waals surface area contributed by atoms with Gasteiger partial charge in [-0.3, -0.25) is 9.78 Å². The third kappa shape index (κ3) is 6.67. The van der Waals surface area contributed by atoms with Crippen molar-refractivity contribution in [2.24, 2.45) is 0 Å². The Hall–Kier alpha value is -4.86. The average Bonchev–Trinajstić information content (AvgIpc) is 3.35. The Labute approximate surface area is 215 Å². The highest BCUT2D eigenvalue weighted by Crippen LogP contribution is 2.28. The number of halogens is 3. The quantitative estimate of drug-likeness (QED) is 0.301. The molecule has 0 radical (unpaired) electrons. The van der Waals surface area contributed by atoms with Gasteiger partial charge in [-0.25, -0.2) is 4.79 Å². The second-order valence-electron chi connectivity index (χ2n) is 8.14. The Bertz CT molecular complexity index is 1460. The van der Waals surface area contributed by atoms with E-state index in [0.29, 0.717) is 6.54 Å². The number of aromatic nitrogens is 2. The maximum atomic E-state index is 12.1. The van der Waals surface area contributed by atoms with Crippen LogP contribution in [0.15, 0.2) is 79.0 Å². The number of fused-ring (bicyclic) bond motifs is 1. The lowest BCUT2D eigenvalue weighted by Crippen LogP contribution is -2.31. The number of rotatable bonds is 5. The fraction of sp³-hybridized carbons (Fsp3) is 0.107. The van der Waals surface area contributed by atoms with Crippen molar-refractivity contribution in [2.45, 2.75) is 12.6 Å². The van der Waals surface area contributed by atoms with Crippen LogP contribution in [0.3, 0.4) is 0 Å². The van der Waals surface area contributed by atoms with Crippen molar-refractivity contribution in [3.05, 3.63) is 102 Å². The van der Waals surface area contributed by atoms with Crippen LogP contribution < -0.4 is 10.1 Å². The van der Waals surface area contributed by atoms with Crippen LogP contribution in [0.25, 0.3) is 23.4 Å². The molecule has 7 nitrogen and oxygen atoms in total.